The summed E-state index contributed by atoms with van der Waals surface area (Å²) in [5.74, 6) is 0.406. The second kappa shape index (κ2) is 3.59. The molecule has 0 saturated heterocycles. The lowest BCUT2D eigenvalue weighted by atomic mass is 9.97. The number of hydrogen-bond acceptors (Lipinski definition) is 2. The zero-order valence-electron chi connectivity index (χ0n) is 7.13. The van der Waals surface area contributed by atoms with Gasteiger partial charge < -0.3 is 10.3 Å². The highest BCUT2D eigenvalue weighted by Crippen LogP contribution is 2.34. The molecule has 2 rings (SSSR count). The Kier molecular flexibility index (Phi) is 2.62. The van der Waals surface area contributed by atoms with Crippen LogP contribution in [0.4, 0.5) is 0 Å². The molecule has 0 amide bonds. The lowest BCUT2D eigenvalue weighted by Gasteiger charge is -2.23. The van der Waals surface area contributed by atoms with Crippen molar-refractivity contribution in [3.63, 3.8) is 0 Å². The number of fused-ring (bicyclic) bond motifs is 1. The van der Waals surface area contributed by atoms with Crippen molar-refractivity contribution in [2.45, 2.75) is 25.3 Å². The Bertz CT molecular complexity index is 323. The quantitative estimate of drug-likeness (QED) is 0.844. The third-order valence-corrected chi connectivity index (χ3v) is 3.39. The van der Waals surface area contributed by atoms with Crippen LogP contribution in [-0.4, -0.2) is 16.1 Å². The Morgan fingerprint density at radius 1 is 1.69 bits per heavy atom. The molecular weight excluding hydrogens is 253 g/mol. The number of imidazole rings is 1. The van der Waals surface area contributed by atoms with Crippen LogP contribution in [-0.2, 0) is 6.54 Å². The minimum Gasteiger partial charge on any atom is -0.330 e. The molecule has 72 valence electrons. The van der Waals surface area contributed by atoms with Crippen molar-refractivity contribution in [3.05, 3.63) is 15.6 Å². The molecule has 0 radical (unpaired) electrons. The summed E-state index contributed by atoms with van der Waals surface area (Å²) in [7, 11) is 0. The van der Waals surface area contributed by atoms with Gasteiger partial charge in [-0.05, 0) is 40.4 Å². The number of nitrogens with two attached hydrogens (primary N) is 1. The zero-order chi connectivity index (χ0) is 9.42. The Balaban J connectivity index is 2.48. The van der Waals surface area contributed by atoms with Crippen LogP contribution in [0.1, 0.15) is 24.5 Å². The van der Waals surface area contributed by atoms with Gasteiger partial charge >= 0.3 is 0 Å². The topological polar surface area (TPSA) is 43.8 Å². The Morgan fingerprint density at radius 2 is 2.46 bits per heavy atom. The van der Waals surface area contributed by atoms with Gasteiger partial charge in [-0.2, -0.15) is 0 Å². The summed E-state index contributed by atoms with van der Waals surface area (Å²) in [6.07, 6.45) is 2.27. The fourth-order valence-corrected chi connectivity index (χ4v) is 2.94. The van der Waals surface area contributed by atoms with Gasteiger partial charge in [0.1, 0.15) is 4.60 Å². The molecule has 1 aromatic heterocycles. The second-order valence-corrected chi connectivity index (χ2v) is 4.37. The minimum atomic E-state index is 0.406. The monoisotopic (exact) mass is 263 g/mol. The average Bonchev–Trinajstić information content (AvgIpc) is 2.43. The summed E-state index contributed by atoms with van der Waals surface area (Å²) in [5, 5.41) is 0.569. The molecule has 0 spiro atoms. The summed E-state index contributed by atoms with van der Waals surface area (Å²) in [6, 6.07) is 0. The van der Waals surface area contributed by atoms with Crippen molar-refractivity contribution in [3.8, 4) is 0 Å². The average molecular weight is 265 g/mol. The van der Waals surface area contributed by atoms with E-state index in [9.17, 15) is 0 Å². The Hall–Kier alpha value is -0.0600. The third-order valence-electron chi connectivity index (χ3n) is 2.52. The van der Waals surface area contributed by atoms with Crippen molar-refractivity contribution in [1.29, 1.82) is 0 Å². The molecular formula is C8H11BrClN3. The number of rotatable bonds is 1. The van der Waals surface area contributed by atoms with Crippen LogP contribution in [0.15, 0.2) is 4.60 Å². The van der Waals surface area contributed by atoms with Crippen LogP contribution >= 0.6 is 27.5 Å². The van der Waals surface area contributed by atoms with E-state index in [1.807, 2.05) is 4.57 Å². The molecule has 3 nitrogen and oxygen atoms in total. The normalized spacial score (nSPS) is 21.6. The molecule has 1 atom stereocenters. The molecule has 1 unspecified atom stereocenters. The maximum atomic E-state index is 5.97. The summed E-state index contributed by atoms with van der Waals surface area (Å²) < 4.78 is 2.90. The maximum Gasteiger partial charge on any atom is 0.204 e. The van der Waals surface area contributed by atoms with E-state index in [1.54, 1.807) is 0 Å². The fraction of sp³-hybridized carbons (Fsp3) is 0.625. The number of nitrogens with zero attached hydrogens (tertiary/aromatic N) is 2. The van der Waals surface area contributed by atoms with Crippen LogP contribution in [0.2, 0.25) is 5.28 Å². The van der Waals surface area contributed by atoms with E-state index in [2.05, 4.69) is 20.9 Å². The van der Waals surface area contributed by atoms with Gasteiger partial charge in [0.25, 0.3) is 0 Å². The molecule has 0 aliphatic carbocycles. The van der Waals surface area contributed by atoms with Crippen LogP contribution in [0.25, 0.3) is 0 Å². The highest BCUT2D eigenvalue weighted by atomic mass is 79.9. The molecule has 0 aromatic carbocycles. The van der Waals surface area contributed by atoms with Gasteiger partial charge in [0.2, 0.25) is 5.28 Å². The second-order valence-electron chi connectivity index (χ2n) is 3.28. The molecule has 2 N–H and O–H groups in total. The van der Waals surface area contributed by atoms with Gasteiger partial charge in [0.15, 0.2) is 0 Å². The fourth-order valence-electron chi connectivity index (χ4n) is 1.87. The van der Waals surface area contributed by atoms with E-state index in [0.717, 1.165) is 24.0 Å². The van der Waals surface area contributed by atoms with E-state index in [-0.39, 0.29) is 0 Å². The van der Waals surface area contributed by atoms with Crippen molar-refractivity contribution < 1.29 is 0 Å². The molecule has 1 aromatic rings. The Labute approximate surface area is 90.4 Å². The van der Waals surface area contributed by atoms with E-state index in [1.165, 1.54) is 5.69 Å². The first-order valence-corrected chi connectivity index (χ1v) is 5.52. The highest BCUT2D eigenvalue weighted by molar-refractivity contribution is 9.10. The first-order chi connectivity index (χ1) is 6.24. The first kappa shape index (κ1) is 9.49. The molecule has 2 heterocycles. The molecule has 0 bridgehead atoms. The standard InChI is InChI=1S/C8H11BrClN3/c9-7-6-5(4-11)2-1-3-13(6)8(10)12-7/h5H,1-4,11H2. The van der Waals surface area contributed by atoms with Gasteiger partial charge in [-0.15, -0.1) is 0 Å². The van der Waals surface area contributed by atoms with E-state index < -0.39 is 0 Å². The predicted molar refractivity (Wildman–Crippen MR) is 56.0 cm³/mol. The largest absolute Gasteiger partial charge is 0.330 e. The summed E-state index contributed by atoms with van der Waals surface area (Å²) in [4.78, 5) is 4.18. The van der Waals surface area contributed by atoms with E-state index in [0.29, 0.717) is 17.7 Å². The van der Waals surface area contributed by atoms with Gasteiger partial charge in [0, 0.05) is 19.0 Å². The predicted octanol–water partition coefficient (Wildman–Crippen LogP) is 2.14. The molecule has 13 heavy (non-hydrogen) atoms. The number of halogens is 2. The van der Waals surface area contributed by atoms with Crippen molar-refractivity contribution in [1.82, 2.24) is 9.55 Å². The summed E-state index contributed by atoms with van der Waals surface area (Å²) in [5.41, 5.74) is 6.86. The van der Waals surface area contributed by atoms with Crippen LogP contribution in [0.5, 0.6) is 0 Å². The molecule has 1 aliphatic rings. The maximum absolute atomic E-state index is 5.97. The smallest absolute Gasteiger partial charge is 0.204 e. The van der Waals surface area contributed by atoms with Gasteiger partial charge in [0.05, 0.1) is 5.69 Å². The summed E-state index contributed by atoms with van der Waals surface area (Å²) in [6.45, 7) is 1.63. The van der Waals surface area contributed by atoms with Crippen LogP contribution < -0.4 is 5.73 Å². The van der Waals surface area contributed by atoms with Gasteiger partial charge in [-0.1, -0.05) is 0 Å². The van der Waals surface area contributed by atoms with E-state index >= 15 is 0 Å². The van der Waals surface area contributed by atoms with E-state index in [4.69, 9.17) is 17.3 Å². The first-order valence-electron chi connectivity index (χ1n) is 4.35. The number of aromatic nitrogens is 2. The zero-order valence-corrected chi connectivity index (χ0v) is 9.48. The van der Waals surface area contributed by atoms with Crippen molar-refractivity contribution in [2.24, 2.45) is 5.73 Å². The van der Waals surface area contributed by atoms with Crippen molar-refractivity contribution >= 4 is 27.5 Å². The lowest BCUT2D eigenvalue weighted by molar-refractivity contribution is 0.458. The molecule has 0 saturated carbocycles. The molecule has 0 fully saturated rings. The van der Waals surface area contributed by atoms with Gasteiger partial charge in [-0.25, -0.2) is 4.98 Å². The Morgan fingerprint density at radius 3 is 3.15 bits per heavy atom. The highest BCUT2D eigenvalue weighted by Gasteiger charge is 2.25. The van der Waals surface area contributed by atoms with Gasteiger partial charge in [-0.3, -0.25) is 0 Å². The van der Waals surface area contributed by atoms with Crippen LogP contribution in [0, 0.1) is 0 Å². The SMILES string of the molecule is NCC1CCCn2c(Cl)nc(Br)c21. The van der Waals surface area contributed by atoms with Crippen molar-refractivity contribution in [2.75, 3.05) is 6.54 Å². The molecule has 5 heteroatoms. The minimum absolute atomic E-state index is 0.406. The number of hydrogen-bond donors (Lipinski definition) is 1. The molecule has 1 aliphatic heterocycles. The lowest BCUT2D eigenvalue weighted by Crippen LogP contribution is -2.21. The van der Waals surface area contributed by atoms with Crippen LogP contribution in [0.3, 0.4) is 0 Å². The third kappa shape index (κ3) is 1.51. The summed E-state index contributed by atoms with van der Waals surface area (Å²) >= 11 is 9.38.